The van der Waals surface area contributed by atoms with Crippen LogP contribution in [0.1, 0.15) is 103 Å². The molecule has 186 valence electrons. The lowest BCUT2D eigenvalue weighted by atomic mass is 9.52. The van der Waals surface area contributed by atoms with Crippen LogP contribution in [0.2, 0.25) is 0 Å². The van der Waals surface area contributed by atoms with Crippen LogP contribution in [0.25, 0.3) is 0 Å². The molecule has 3 aromatic carbocycles. The van der Waals surface area contributed by atoms with E-state index < -0.39 is 0 Å². The molecule has 0 aromatic heterocycles. The van der Waals surface area contributed by atoms with Gasteiger partial charge in [0.15, 0.2) is 0 Å². The third kappa shape index (κ3) is 4.18. The lowest BCUT2D eigenvalue weighted by Crippen LogP contribution is -2.48. The summed E-state index contributed by atoms with van der Waals surface area (Å²) in [4.78, 5) is 0. The van der Waals surface area contributed by atoms with Gasteiger partial charge in [0.05, 0.1) is 0 Å². The molecular weight excluding hydrogens is 420 g/mol. The molecule has 0 heteroatoms. The highest BCUT2D eigenvalue weighted by molar-refractivity contribution is 5.55. The minimum absolute atomic E-state index is 0.0218. The monoisotopic (exact) mass is 466 g/mol. The highest BCUT2D eigenvalue weighted by Gasteiger charge is 2.60. The summed E-state index contributed by atoms with van der Waals surface area (Å²) in [6.45, 7) is 24.4. The molecule has 0 fully saturated rings. The molecule has 0 saturated heterocycles. The summed E-state index contributed by atoms with van der Waals surface area (Å²) >= 11 is 0. The lowest BCUT2D eigenvalue weighted by molar-refractivity contribution is 0.0767. The maximum Gasteiger partial charge on any atom is 0.0219 e. The molecular formula is C35H46. The Bertz CT molecular complexity index is 1180. The fourth-order valence-electron chi connectivity index (χ4n) is 8.25. The quantitative estimate of drug-likeness (QED) is 0.359. The first kappa shape index (κ1) is 25.7. The van der Waals surface area contributed by atoms with Crippen LogP contribution in [-0.2, 0) is 21.7 Å². The number of benzene rings is 3. The van der Waals surface area contributed by atoms with Gasteiger partial charge in [-0.2, -0.15) is 0 Å². The molecule has 4 rings (SSSR count). The largest absolute Gasteiger partial charge is 0.0622 e. The Labute approximate surface area is 215 Å². The second-order valence-corrected chi connectivity index (χ2v) is 14.2. The van der Waals surface area contributed by atoms with Gasteiger partial charge in [-0.15, -0.1) is 0 Å². The first-order chi connectivity index (χ1) is 16.1. The van der Waals surface area contributed by atoms with E-state index in [1.54, 1.807) is 0 Å². The minimum atomic E-state index is -0.0511. The van der Waals surface area contributed by atoms with E-state index in [-0.39, 0.29) is 27.1 Å². The average Bonchev–Trinajstić information content (AvgIpc) is 2.98. The van der Waals surface area contributed by atoms with Gasteiger partial charge in [-0.25, -0.2) is 0 Å². The van der Waals surface area contributed by atoms with E-state index in [2.05, 4.69) is 148 Å². The van der Waals surface area contributed by atoms with Gasteiger partial charge in [0, 0.05) is 5.41 Å². The molecule has 1 aliphatic rings. The van der Waals surface area contributed by atoms with Crippen molar-refractivity contribution >= 4 is 0 Å². The zero-order valence-electron chi connectivity index (χ0n) is 23.8. The maximum absolute atomic E-state index is 2.57. The third-order valence-electron chi connectivity index (χ3n) is 8.83. The Morgan fingerprint density at radius 2 is 1.09 bits per heavy atom. The maximum atomic E-state index is 2.57. The van der Waals surface area contributed by atoms with E-state index in [0.29, 0.717) is 5.92 Å². The van der Waals surface area contributed by atoms with Crippen LogP contribution in [0, 0.1) is 11.3 Å². The van der Waals surface area contributed by atoms with E-state index >= 15 is 0 Å². The normalized spacial score (nSPS) is 24.9. The van der Waals surface area contributed by atoms with E-state index in [4.69, 9.17) is 0 Å². The van der Waals surface area contributed by atoms with Gasteiger partial charge in [-0.05, 0) is 61.8 Å². The summed E-state index contributed by atoms with van der Waals surface area (Å²) in [5.41, 5.74) is 7.67. The van der Waals surface area contributed by atoms with Crippen molar-refractivity contribution in [2.75, 3.05) is 0 Å². The minimum Gasteiger partial charge on any atom is -0.0622 e. The number of rotatable bonds is 4. The van der Waals surface area contributed by atoms with Crippen LogP contribution in [0.5, 0.6) is 0 Å². The summed E-state index contributed by atoms with van der Waals surface area (Å²) in [5, 5.41) is 0. The molecule has 0 heterocycles. The van der Waals surface area contributed by atoms with Crippen LogP contribution in [-0.4, -0.2) is 0 Å². The smallest absolute Gasteiger partial charge is 0.0219 e. The molecule has 35 heavy (non-hydrogen) atoms. The Kier molecular flexibility index (Phi) is 6.15. The van der Waals surface area contributed by atoms with Crippen LogP contribution >= 0.6 is 0 Å². The van der Waals surface area contributed by atoms with Crippen LogP contribution in [0.15, 0.2) is 78.9 Å². The molecule has 3 atom stereocenters. The molecule has 3 aromatic rings. The number of fused-ring (bicyclic) bond motifs is 1. The molecule has 0 N–H and O–H groups in total. The molecule has 1 aliphatic carbocycles. The van der Waals surface area contributed by atoms with E-state index in [1.165, 1.54) is 27.8 Å². The summed E-state index contributed by atoms with van der Waals surface area (Å²) in [7, 11) is 0. The number of hydrogen-bond acceptors (Lipinski definition) is 0. The van der Waals surface area contributed by atoms with Crippen molar-refractivity contribution in [3.63, 3.8) is 0 Å². The molecule has 0 amide bonds. The Hall–Kier alpha value is -2.34. The lowest BCUT2D eigenvalue weighted by Gasteiger charge is -2.51. The zero-order chi connectivity index (χ0) is 25.9. The number of hydrogen-bond donors (Lipinski definition) is 0. The first-order valence-electron chi connectivity index (χ1n) is 13.4. The van der Waals surface area contributed by atoms with Crippen molar-refractivity contribution in [1.29, 1.82) is 0 Å². The standard InChI is InChI=1S/C35H46/c1-31(2,3)26-20-14-15-21-27(26)33(7,8)24-34(9)28-22-16-17-23-29(28)35(10,30(34)32(4,5)6)25-18-12-11-13-19-25/h11-23,30H,24H2,1-10H3. The van der Waals surface area contributed by atoms with E-state index in [9.17, 15) is 0 Å². The van der Waals surface area contributed by atoms with Crippen molar-refractivity contribution in [3.05, 3.63) is 107 Å². The van der Waals surface area contributed by atoms with Crippen molar-refractivity contribution in [2.24, 2.45) is 11.3 Å². The molecule has 0 radical (unpaired) electrons. The van der Waals surface area contributed by atoms with Crippen LogP contribution < -0.4 is 0 Å². The van der Waals surface area contributed by atoms with Gasteiger partial charge in [0.1, 0.15) is 0 Å². The summed E-state index contributed by atoms with van der Waals surface area (Å²) < 4.78 is 0. The Morgan fingerprint density at radius 1 is 0.600 bits per heavy atom. The molecule has 0 nitrogen and oxygen atoms in total. The third-order valence-corrected chi connectivity index (χ3v) is 8.83. The second kappa shape index (κ2) is 8.36. The fourth-order valence-corrected chi connectivity index (χ4v) is 8.25. The summed E-state index contributed by atoms with van der Waals surface area (Å²) in [5.74, 6) is 0.448. The van der Waals surface area contributed by atoms with Crippen molar-refractivity contribution in [2.45, 2.75) is 97.3 Å². The predicted octanol–water partition coefficient (Wildman–Crippen LogP) is 9.59. The summed E-state index contributed by atoms with van der Waals surface area (Å²) in [6, 6.07) is 29.7. The van der Waals surface area contributed by atoms with Crippen LogP contribution in [0.3, 0.4) is 0 Å². The topological polar surface area (TPSA) is 0 Å². The fraction of sp³-hybridized carbons (Fsp3) is 0.486. The second-order valence-electron chi connectivity index (χ2n) is 14.2. The molecule has 0 spiro atoms. The van der Waals surface area contributed by atoms with E-state index in [0.717, 1.165) is 6.42 Å². The molecule has 0 saturated carbocycles. The van der Waals surface area contributed by atoms with Gasteiger partial charge in [-0.1, -0.05) is 148 Å². The van der Waals surface area contributed by atoms with Crippen molar-refractivity contribution in [1.82, 2.24) is 0 Å². The van der Waals surface area contributed by atoms with Crippen molar-refractivity contribution in [3.8, 4) is 0 Å². The molecule has 0 aliphatic heterocycles. The van der Waals surface area contributed by atoms with Crippen LogP contribution in [0.4, 0.5) is 0 Å². The first-order valence-corrected chi connectivity index (χ1v) is 13.4. The van der Waals surface area contributed by atoms with Gasteiger partial charge in [-0.3, -0.25) is 0 Å². The van der Waals surface area contributed by atoms with Crippen molar-refractivity contribution < 1.29 is 0 Å². The van der Waals surface area contributed by atoms with Gasteiger partial charge in [0.25, 0.3) is 0 Å². The molecule has 3 unspecified atom stereocenters. The van der Waals surface area contributed by atoms with Gasteiger partial charge < -0.3 is 0 Å². The summed E-state index contributed by atoms with van der Waals surface area (Å²) in [6.07, 6.45) is 1.11. The predicted molar refractivity (Wildman–Crippen MR) is 152 cm³/mol. The highest BCUT2D eigenvalue weighted by atomic mass is 14.6. The highest BCUT2D eigenvalue weighted by Crippen LogP contribution is 2.65. The average molecular weight is 467 g/mol. The Balaban J connectivity index is 1.95. The van der Waals surface area contributed by atoms with Gasteiger partial charge in [0.2, 0.25) is 0 Å². The van der Waals surface area contributed by atoms with E-state index in [1.807, 2.05) is 0 Å². The van der Waals surface area contributed by atoms with Gasteiger partial charge >= 0.3 is 0 Å². The molecule has 0 bridgehead atoms. The SMILES string of the molecule is CC(C)(C)c1ccccc1C(C)(C)CC1(C)c2ccccc2C(C)(c2ccccc2)C1C(C)(C)C. The Morgan fingerprint density at radius 3 is 1.63 bits per heavy atom. The zero-order valence-corrected chi connectivity index (χ0v) is 23.8.